The van der Waals surface area contributed by atoms with Crippen LogP contribution in [-0.2, 0) is 17.0 Å². The van der Waals surface area contributed by atoms with Gasteiger partial charge in [-0.2, -0.15) is 0 Å². The molecule has 0 amide bonds. The fourth-order valence-corrected chi connectivity index (χ4v) is 3.95. The molecule has 4 rings (SSSR count). The number of hydrogen-bond donors (Lipinski definition) is 1. The van der Waals surface area contributed by atoms with Gasteiger partial charge in [0.2, 0.25) is 0 Å². The Bertz CT molecular complexity index is 942. The second-order valence-electron chi connectivity index (χ2n) is 7.37. The number of rotatable bonds is 4. The van der Waals surface area contributed by atoms with Crippen LogP contribution in [0.25, 0.3) is 11.1 Å². The summed E-state index contributed by atoms with van der Waals surface area (Å²) in [6, 6.07) is 24.3. The molecule has 1 N–H and O–H groups in total. The molecule has 0 spiro atoms. The van der Waals surface area contributed by atoms with E-state index in [0.717, 1.165) is 22.4 Å². The molecule has 0 saturated heterocycles. The molecule has 0 aliphatic heterocycles. The van der Waals surface area contributed by atoms with Gasteiger partial charge in [-0.25, -0.2) is 0 Å². The molecule has 1 saturated carbocycles. The Kier molecular flexibility index (Phi) is 9.48. The normalized spacial score (nSPS) is 14.2. The summed E-state index contributed by atoms with van der Waals surface area (Å²) in [4.78, 5) is 4.57. The third-order valence-corrected chi connectivity index (χ3v) is 5.43. The number of halogens is 2. The second-order valence-corrected chi connectivity index (χ2v) is 9.95. The summed E-state index contributed by atoms with van der Waals surface area (Å²) in [6.45, 7) is 0. The number of aromatic hydroxyl groups is 1. The number of aliphatic imine (C=N–C) groups is 1. The van der Waals surface area contributed by atoms with Crippen LogP contribution < -0.4 is 0 Å². The van der Waals surface area contributed by atoms with Crippen molar-refractivity contribution in [3.05, 3.63) is 83.9 Å². The summed E-state index contributed by atoms with van der Waals surface area (Å²) in [6.07, 6.45) is 8.17. The van der Waals surface area contributed by atoms with Gasteiger partial charge < -0.3 is 5.11 Å². The van der Waals surface area contributed by atoms with Gasteiger partial charge in [-0.3, -0.25) is 4.99 Å². The van der Waals surface area contributed by atoms with Crippen LogP contribution in [0.4, 0.5) is 5.69 Å². The molecule has 1 aliphatic rings. The maximum atomic E-state index is 11.0. The molecule has 0 radical (unpaired) electrons. The number of phenolic OH excluding ortho intramolecular Hbond substituents is 1. The monoisotopic (exact) mass is 473 g/mol. The molecule has 3 aromatic rings. The first-order chi connectivity index (χ1) is 14.7. The molecule has 3 aromatic carbocycles. The molecular weight excluding hydrogens is 449 g/mol. The number of para-hydroxylation sites is 1. The van der Waals surface area contributed by atoms with E-state index in [1.165, 1.54) is 37.7 Å². The Hall–Kier alpha value is -1.58. The van der Waals surface area contributed by atoms with Crippen molar-refractivity contribution in [2.45, 2.75) is 38.0 Å². The molecule has 0 heterocycles. The Morgan fingerprint density at radius 3 is 2.10 bits per heavy atom. The van der Waals surface area contributed by atoms with Crippen LogP contribution >= 0.6 is 18.6 Å². The van der Waals surface area contributed by atoms with Crippen LogP contribution in [0.15, 0.2) is 77.8 Å². The molecule has 5 heteroatoms. The summed E-state index contributed by atoms with van der Waals surface area (Å²) in [5.41, 5.74) is 4.94. The maximum absolute atomic E-state index is 11.0. The molecule has 0 atom stereocenters. The zero-order valence-corrected chi connectivity index (χ0v) is 19.8. The van der Waals surface area contributed by atoms with Crippen molar-refractivity contribution in [3.8, 4) is 16.9 Å². The van der Waals surface area contributed by atoms with E-state index < -0.39 is 17.0 Å². The molecule has 154 valence electrons. The van der Waals surface area contributed by atoms with Gasteiger partial charge in [0.1, 0.15) is 5.75 Å². The second kappa shape index (κ2) is 12.3. The first kappa shape index (κ1) is 23.1. The van der Waals surface area contributed by atoms with Crippen LogP contribution in [0.5, 0.6) is 5.75 Å². The Balaban J connectivity index is 0.000000806. The summed E-state index contributed by atoms with van der Waals surface area (Å²) in [5.74, 6) is 0.881. The van der Waals surface area contributed by atoms with Gasteiger partial charge in [0, 0.05) is 17.3 Å². The number of phenols is 1. The van der Waals surface area contributed by atoms with Crippen molar-refractivity contribution in [2.24, 2.45) is 4.99 Å². The zero-order chi connectivity index (χ0) is 21.2. The number of nitrogens with zero attached hydrogens (tertiary/aromatic N) is 1. The van der Waals surface area contributed by atoms with Crippen molar-refractivity contribution in [1.29, 1.82) is 0 Å². The molecule has 30 heavy (non-hydrogen) atoms. The van der Waals surface area contributed by atoms with E-state index >= 15 is 0 Å². The Morgan fingerprint density at radius 2 is 1.47 bits per heavy atom. The van der Waals surface area contributed by atoms with Crippen molar-refractivity contribution in [2.75, 3.05) is 0 Å². The summed E-state index contributed by atoms with van der Waals surface area (Å²) in [7, 11) is 9.78. The van der Waals surface area contributed by atoms with Crippen molar-refractivity contribution in [3.63, 3.8) is 0 Å². The standard InChI is InChI=1S/C25H25NO.2ClH.Ti/c27-25-22(18-26-23-14-8-3-9-15-23)16-21(19-10-4-1-5-11-19)17-24(25)20-12-6-2-7-13-20;;;/h2-3,6-9,12-19,27H,1,4-5,10-11H2;2*1H;/q;;;+2/p-2. The summed E-state index contributed by atoms with van der Waals surface area (Å²) in [5, 5.41) is 11.0. The molecule has 0 bridgehead atoms. The van der Waals surface area contributed by atoms with Gasteiger partial charge in [0.25, 0.3) is 0 Å². The van der Waals surface area contributed by atoms with Crippen molar-refractivity contribution in [1.82, 2.24) is 0 Å². The molecule has 1 aliphatic carbocycles. The average molecular weight is 474 g/mol. The molecular formula is C25H25Cl2NOTi. The van der Waals surface area contributed by atoms with Crippen LogP contribution in [-0.4, -0.2) is 11.3 Å². The minimum absolute atomic E-state index is 0.306. The van der Waals surface area contributed by atoms with Gasteiger partial charge in [0.15, 0.2) is 0 Å². The number of hydrogen-bond acceptors (Lipinski definition) is 2. The van der Waals surface area contributed by atoms with Gasteiger partial charge in [-0.1, -0.05) is 67.8 Å². The third-order valence-electron chi connectivity index (χ3n) is 5.43. The molecule has 0 unspecified atom stereocenters. The third kappa shape index (κ3) is 6.46. The predicted octanol–water partition coefficient (Wildman–Crippen LogP) is 8.23. The van der Waals surface area contributed by atoms with E-state index in [4.69, 9.17) is 18.6 Å². The van der Waals surface area contributed by atoms with Crippen molar-refractivity contribution >= 4 is 30.5 Å². The van der Waals surface area contributed by atoms with Crippen LogP contribution in [0, 0.1) is 0 Å². The zero-order valence-electron chi connectivity index (χ0n) is 16.8. The quantitative estimate of drug-likeness (QED) is 0.300. The van der Waals surface area contributed by atoms with Gasteiger partial charge in [-0.15, -0.1) is 0 Å². The first-order valence-corrected chi connectivity index (χ1v) is 14.5. The summed E-state index contributed by atoms with van der Waals surface area (Å²) >= 11 is -0.556. The van der Waals surface area contributed by atoms with Gasteiger partial charge in [-0.05, 0) is 54.2 Å². The van der Waals surface area contributed by atoms with Gasteiger partial charge in [0.05, 0.1) is 5.69 Å². The van der Waals surface area contributed by atoms with Gasteiger partial charge >= 0.3 is 35.6 Å². The van der Waals surface area contributed by atoms with E-state index in [-0.39, 0.29) is 0 Å². The predicted molar refractivity (Wildman–Crippen MR) is 125 cm³/mol. The molecule has 2 nitrogen and oxygen atoms in total. The van der Waals surface area contributed by atoms with E-state index in [2.05, 4.69) is 29.3 Å². The number of benzene rings is 3. The van der Waals surface area contributed by atoms with E-state index in [1.54, 1.807) is 6.21 Å². The van der Waals surface area contributed by atoms with E-state index in [1.807, 2.05) is 48.5 Å². The fourth-order valence-electron chi connectivity index (χ4n) is 3.95. The summed E-state index contributed by atoms with van der Waals surface area (Å²) < 4.78 is 0. The SMILES string of the molecule is Oc1c(C=Nc2ccccc2)cc(C2CCCCC2)cc1-c1ccccc1.[Cl][Ti][Cl]. The fraction of sp³-hybridized carbons (Fsp3) is 0.240. The Labute approximate surface area is 195 Å². The Morgan fingerprint density at radius 1 is 0.867 bits per heavy atom. The van der Waals surface area contributed by atoms with Crippen LogP contribution in [0.3, 0.4) is 0 Å². The van der Waals surface area contributed by atoms with Crippen LogP contribution in [0.1, 0.15) is 49.1 Å². The topological polar surface area (TPSA) is 32.6 Å². The first-order valence-electron chi connectivity index (χ1n) is 10.2. The molecule has 1 fully saturated rings. The van der Waals surface area contributed by atoms with E-state index in [0.29, 0.717) is 11.7 Å². The minimum atomic E-state index is -0.556. The van der Waals surface area contributed by atoms with E-state index in [9.17, 15) is 5.11 Å². The van der Waals surface area contributed by atoms with Crippen molar-refractivity contribution < 1.29 is 22.1 Å². The average Bonchev–Trinajstić information content (AvgIpc) is 2.81. The van der Waals surface area contributed by atoms with Crippen LogP contribution in [0.2, 0.25) is 0 Å². The molecule has 0 aromatic heterocycles.